The number of rotatable bonds is 4. The number of carbonyl (C=O) groups is 1. The quantitative estimate of drug-likeness (QED) is 0.628. The zero-order valence-corrected chi connectivity index (χ0v) is 17.3. The highest BCUT2D eigenvalue weighted by molar-refractivity contribution is 5.92. The molecule has 162 valence electrons. The molecule has 9 nitrogen and oxygen atoms in total. The molecule has 0 spiro atoms. The van der Waals surface area contributed by atoms with E-state index >= 15 is 0 Å². The van der Waals surface area contributed by atoms with Crippen LogP contribution in [0.25, 0.3) is 10.9 Å². The van der Waals surface area contributed by atoms with E-state index in [9.17, 15) is 18.8 Å². The molecule has 0 unspecified atom stereocenters. The van der Waals surface area contributed by atoms with Gasteiger partial charge in [-0.15, -0.1) is 0 Å². The Kier molecular flexibility index (Phi) is 5.55. The molecule has 0 aliphatic carbocycles. The largest absolute Gasteiger partial charge is 0.368 e. The SMILES string of the molecule is CNC(=O)c1ccc(N2CCN(Cc3ccc4c(=O)n(C)c(=O)[nH]c4c3F)CC2)cn1. The minimum Gasteiger partial charge on any atom is -0.368 e. The van der Waals surface area contributed by atoms with Gasteiger partial charge < -0.3 is 15.2 Å². The first-order chi connectivity index (χ1) is 14.9. The number of hydrogen-bond donors (Lipinski definition) is 2. The van der Waals surface area contributed by atoms with Gasteiger partial charge in [0.2, 0.25) is 0 Å². The van der Waals surface area contributed by atoms with Crippen molar-refractivity contribution in [3.05, 3.63) is 68.4 Å². The van der Waals surface area contributed by atoms with E-state index in [1.54, 1.807) is 31.4 Å². The lowest BCUT2D eigenvalue weighted by atomic mass is 10.1. The van der Waals surface area contributed by atoms with Crippen LogP contribution in [-0.2, 0) is 13.6 Å². The van der Waals surface area contributed by atoms with Crippen molar-refractivity contribution in [1.82, 2.24) is 24.8 Å². The van der Waals surface area contributed by atoms with Crippen molar-refractivity contribution in [2.24, 2.45) is 7.05 Å². The standard InChI is InChI=1S/C21H23FN6O3/c1-23-19(29)16-6-4-14(11-24-16)28-9-7-27(8-10-28)12-13-3-5-15-18(17(13)22)25-21(31)26(2)20(15)30/h3-6,11H,7-10,12H2,1-2H3,(H,23,29)(H,25,31). The lowest BCUT2D eigenvalue weighted by Crippen LogP contribution is -2.46. The van der Waals surface area contributed by atoms with Crippen LogP contribution in [0.3, 0.4) is 0 Å². The Morgan fingerprint density at radius 3 is 2.55 bits per heavy atom. The fourth-order valence-corrected chi connectivity index (χ4v) is 3.75. The van der Waals surface area contributed by atoms with Crippen molar-refractivity contribution in [3.63, 3.8) is 0 Å². The molecule has 1 aromatic carbocycles. The van der Waals surface area contributed by atoms with E-state index in [-0.39, 0.29) is 16.8 Å². The Morgan fingerprint density at radius 2 is 1.90 bits per heavy atom. The minimum atomic E-state index is -0.641. The van der Waals surface area contributed by atoms with Crippen LogP contribution in [0.15, 0.2) is 40.1 Å². The summed E-state index contributed by atoms with van der Waals surface area (Å²) in [4.78, 5) is 46.6. The molecule has 0 radical (unpaired) electrons. The van der Waals surface area contributed by atoms with Crippen molar-refractivity contribution in [3.8, 4) is 0 Å². The maximum atomic E-state index is 15.0. The summed E-state index contributed by atoms with van der Waals surface area (Å²) in [5, 5.41) is 2.70. The fraction of sp³-hybridized carbons (Fsp3) is 0.333. The third kappa shape index (κ3) is 3.93. The van der Waals surface area contributed by atoms with Crippen LogP contribution < -0.4 is 21.5 Å². The minimum absolute atomic E-state index is 0.0495. The van der Waals surface area contributed by atoms with E-state index in [1.807, 2.05) is 6.07 Å². The number of aromatic nitrogens is 3. The van der Waals surface area contributed by atoms with Gasteiger partial charge in [-0.3, -0.25) is 19.1 Å². The van der Waals surface area contributed by atoms with Gasteiger partial charge in [0.1, 0.15) is 5.69 Å². The summed E-state index contributed by atoms with van der Waals surface area (Å²) in [5.74, 6) is -0.795. The smallest absolute Gasteiger partial charge is 0.328 e. The normalized spacial score (nSPS) is 14.7. The molecule has 2 aromatic heterocycles. The highest BCUT2D eigenvalue weighted by Gasteiger charge is 2.20. The summed E-state index contributed by atoms with van der Waals surface area (Å²) in [6, 6.07) is 6.72. The number of halogens is 1. The van der Waals surface area contributed by atoms with E-state index in [0.717, 1.165) is 23.3 Å². The topological polar surface area (TPSA) is 103 Å². The number of pyridine rings is 1. The Bertz CT molecular complexity index is 1240. The molecule has 31 heavy (non-hydrogen) atoms. The summed E-state index contributed by atoms with van der Waals surface area (Å²) in [7, 11) is 2.92. The maximum Gasteiger partial charge on any atom is 0.328 e. The van der Waals surface area contributed by atoms with E-state index in [2.05, 4.69) is 25.1 Å². The summed E-state index contributed by atoms with van der Waals surface area (Å²) < 4.78 is 15.9. The molecular weight excluding hydrogens is 403 g/mol. The van der Waals surface area contributed by atoms with E-state index in [0.29, 0.717) is 30.9 Å². The molecule has 1 fully saturated rings. The van der Waals surface area contributed by atoms with Gasteiger partial charge in [-0.05, 0) is 18.2 Å². The predicted molar refractivity (Wildman–Crippen MR) is 115 cm³/mol. The second-order valence-electron chi connectivity index (χ2n) is 7.50. The third-order valence-corrected chi connectivity index (χ3v) is 5.63. The first-order valence-corrected chi connectivity index (χ1v) is 9.95. The molecule has 3 aromatic rings. The fourth-order valence-electron chi connectivity index (χ4n) is 3.75. The van der Waals surface area contributed by atoms with Crippen molar-refractivity contribution in [2.75, 3.05) is 38.1 Å². The van der Waals surface area contributed by atoms with Crippen molar-refractivity contribution in [1.29, 1.82) is 0 Å². The molecule has 10 heteroatoms. The Labute approximate surface area is 177 Å². The average Bonchev–Trinajstić information content (AvgIpc) is 2.80. The first-order valence-electron chi connectivity index (χ1n) is 9.95. The van der Waals surface area contributed by atoms with Crippen LogP contribution in [0.4, 0.5) is 10.1 Å². The summed E-state index contributed by atoms with van der Waals surface area (Å²) in [6.45, 7) is 3.26. The molecule has 1 amide bonds. The van der Waals surface area contributed by atoms with Crippen molar-refractivity contribution in [2.45, 2.75) is 6.54 Å². The van der Waals surface area contributed by atoms with Gasteiger partial charge >= 0.3 is 5.69 Å². The van der Waals surface area contributed by atoms with Crippen LogP contribution in [0.5, 0.6) is 0 Å². The van der Waals surface area contributed by atoms with Crippen LogP contribution >= 0.6 is 0 Å². The molecule has 0 saturated carbocycles. The highest BCUT2D eigenvalue weighted by atomic mass is 19.1. The molecule has 0 atom stereocenters. The summed E-state index contributed by atoms with van der Waals surface area (Å²) in [5.41, 5.74) is 0.516. The number of piperazine rings is 1. The van der Waals surface area contributed by atoms with Crippen LogP contribution in [0.2, 0.25) is 0 Å². The Balaban J connectivity index is 1.45. The van der Waals surface area contributed by atoms with Gasteiger partial charge in [0.05, 0.1) is 22.8 Å². The molecule has 0 bridgehead atoms. The van der Waals surface area contributed by atoms with E-state index < -0.39 is 17.1 Å². The van der Waals surface area contributed by atoms with E-state index in [1.165, 1.54) is 7.05 Å². The molecule has 4 rings (SSSR count). The molecule has 1 saturated heterocycles. The number of aromatic amines is 1. The number of carbonyl (C=O) groups excluding carboxylic acids is 1. The van der Waals surface area contributed by atoms with Gasteiger partial charge in [-0.25, -0.2) is 14.2 Å². The summed E-state index contributed by atoms with van der Waals surface area (Å²) >= 11 is 0. The number of anilines is 1. The number of amides is 1. The molecule has 2 N–H and O–H groups in total. The van der Waals surface area contributed by atoms with Crippen molar-refractivity contribution >= 4 is 22.5 Å². The second kappa shape index (κ2) is 8.31. The maximum absolute atomic E-state index is 15.0. The number of H-pyrrole nitrogens is 1. The van der Waals surface area contributed by atoms with Crippen molar-refractivity contribution < 1.29 is 9.18 Å². The van der Waals surface area contributed by atoms with Crippen LogP contribution in [0.1, 0.15) is 16.1 Å². The lowest BCUT2D eigenvalue weighted by Gasteiger charge is -2.36. The Hall–Kier alpha value is -3.53. The second-order valence-corrected chi connectivity index (χ2v) is 7.50. The van der Waals surface area contributed by atoms with Crippen LogP contribution in [0, 0.1) is 5.82 Å². The first kappa shape index (κ1) is 20.7. The van der Waals surface area contributed by atoms with Gasteiger partial charge in [0, 0.05) is 52.4 Å². The number of nitrogens with zero attached hydrogens (tertiary/aromatic N) is 4. The molecule has 1 aliphatic rings. The Morgan fingerprint density at radius 1 is 1.16 bits per heavy atom. The monoisotopic (exact) mass is 426 g/mol. The van der Waals surface area contributed by atoms with Gasteiger partial charge in [0.25, 0.3) is 11.5 Å². The van der Waals surface area contributed by atoms with Gasteiger partial charge in [-0.1, -0.05) is 6.07 Å². The average molecular weight is 426 g/mol. The predicted octanol–water partition coefficient (Wildman–Crippen LogP) is 0.443. The number of hydrogen-bond acceptors (Lipinski definition) is 6. The van der Waals surface area contributed by atoms with Gasteiger partial charge in [0.15, 0.2) is 5.82 Å². The zero-order valence-electron chi connectivity index (χ0n) is 17.3. The van der Waals surface area contributed by atoms with Crippen LogP contribution in [-0.4, -0.2) is 58.6 Å². The number of benzene rings is 1. The molecule has 1 aliphatic heterocycles. The summed E-state index contributed by atoms with van der Waals surface area (Å²) in [6.07, 6.45) is 1.68. The zero-order chi connectivity index (χ0) is 22.1. The molecule has 3 heterocycles. The highest BCUT2D eigenvalue weighted by Crippen LogP contribution is 2.20. The number of nitrogens with one attached hydrogen (secondary N) is 2. The number of fused-ring (bicyclic) bond motifs is 1. The molecular formula is C21H23FN6O3. The van der Waals surface area contributed by atoms with Gasteiger partial charge in [-0.2, -0.15) is 0 Å². The third-order valence-electron chi connectivity index (χ3n) is 5.63. The van der Waals surface area contributed by atoms with E-state index in [4.69, 9.17) is 0 Å². The lowest BCUT2D eigenvalue weighted by molar-refractivity contribution is 0.0958.